The summed E-state index contributed by atoms with van der Waals surface area (Å²) in [4.78, 5) is 26.7. The molecule has 0 bridgehead atoms. The second-order valence-corrected chi connectivity index (χ2v) is 8.15. The van der Waals surface area contributed by atoms with Gasteiger partial charge in [-0.1, -0.05) is 6.07 Å². The maximum Gasteiger partial charge on any atom is 0.490 e. The minimum absolute atomic E-state index is 0.196. The van der Waals surface area contributed by atoms with Crippen LogP contribution < -0.4 is 0 Å². The number of pyridine rings is 1. The van der Waals surface area contributed by atoms with Crippen LogP contribution in [0.3, 0.4) is 0 Å². The molecule has 0 aliphatic carbocycles. The quantitative estimate of drug-likeness (QED) is 0.533. The Kier molecular flexibility index (Phi) is 12.5. The number of carbonyl (C=O) groups is 2. The lowest BCUT2D eigenvalue weighted by Crippen LogP contribution is -2.42. The van der Waals surface area contributed by atoms with Crippen LogP contribution >= 0.6 is 0 Å². The third-order valence-corrected chi connectivity index (χ3v) is 5.05. The number of likely N-dealkylation sites (N-methyl/N-ethyl adjacent to an activating group) is 1. The predicted molar refractivity (Wildman–Crippen MR) is 113 cm³/mol. The molecule has 0 saturated carbocycles. The average molecular weight is 533 g/mol. The molecule has 2 fully saturated rings. The van der Waals surface area contributed by atoms with E-state index >= 15 is 0 Å². The van der Waals surface area contributed by atoms with Crippen LogP contribution in [0.1, 0.15) is 18.4 Å². The lowest BCUT2D eigenvalue weighted by Gasteiger charge is -2.32. The van der Waals surface area contributed by atoms with Crippen molar-refractivity contribution >= 4 is 11.9 Å². The third-order valence-electron chi connectivity index (χ3n) is 5.05. The number of ether oxygens (including phenoxy) is 2. The Bertz CT molecular complexity index is 786. The van der Waals surface area contributed by atoms with Gasteiger partial charge in [0.15, 0.2) is 0 Å². The van der Waals surface area contributed by atoms with E-state index in [1.807, 2.05) is 18.5 Å². The van der Waals surface area contributed by atoms with E-state index in [2.05, 4.69) is 34.9 Å². The van der Waals surface area contributed by atoms with Gasteiger partial charge in [-0.3, -0.25) is 9.88 Å². The molecule has 3 heterocycles. The number of halogens is 6. The number of nitrogens with zero attached hydrogens (tertiary/aromatic N) is 3. The third kappa shape index (κ3) is 11.5. The Morgan fingerprint density at radius 3 is 2.22 bits per heavy atom. The van der Waals surface area contributed by atoms with E-state index in [-0.39, 0.29) is 12.2 Å². The molecule has 1 aromatic heterocycles. The standard InChI is InChI=1S/C17H27N3O2.2C2HF3O2/c1-19(2)8-10-21-16-13-20(12-14-5-3-7-18-11-14)15-6-4-9-22-17(15)16;2*3-2(4,5)1(6)7/h3,5,7,11,15-17H,4,6,8-10,12-13H2,1-2H3;2*(H,6,7)/t15-,16+,17+;;/m1../s1. The number of hydrogen-bond acceptors (Lipinski definition) is 7. The van der Waals surface area contributed by atoms with Crippen molar-refractivity contribution in [1.29, 1.82) is 0 Å². The molecule has 2 saturated heterocycles. The van der Waals surface area contributed by atoms with Gasteiger partial charge in [-0.05, 0) is 38.6 Å². The molecule has 3 atom stereocenters. The Morgan fingerprint density at radius 2 is 1.75 bits per heavy atom. The lowest BCUT2D eigenvalue weighted by atomic mass is 10.0. The molecule has 0 radical (unpaired) electrons. The number of aromatic nitrogens is 1. The number of carboxylic acids is 2. The molecule has 0 spiro atoms. The molecular formula is C21H29F6N3O6. The average Bonchev–Trinajstić information content (AvgIpc) is 3.11. The fourth-order valence-electron chi connectivity index (χ4n) is 3.45. The monoisotopic (exact) mass is 533 g/mol. The predicted octanol–water partition coefficient (Wildman–Crippen LogP) is 2.66. The van der Waals surface area contributed by atoms with Crippen LogP contribution in [-0.2, 0) is 25.6 Å². The first kappa shape index (κ1) is 31.5. The minimum Gasteiger partial charge on any atom is -0.475 e. The highest BCUT2D eigenvalue weighted by Crippen LogP contribution is 2.31. The van der Waals surface area contributed by atoms with Gasteiger partial charge in [0.2, 0.25) is 0 Å². The second-order valence-electron chi connectivity index (χ2n) is 8.15. The first-order chi connectivity index (χ1) is 16.6. The molecule has 9 nitrogen and oxygen atoms in total. The molecule has 15 heteroatoms. The van der Waals surface area contributed by atoms with Crippen molar-refractivity contribution in [3.63, 3.8) is 0 Å². The Hall–Kier alpha value is -2.49. The summed E-state index contributed by atoms with van der Waals surface area (Å²) in [6.07, 6.45) is -3.60. The number of likely N-dealkylation sites (tertiary alicyclic amines) is 1. The number of hydrogen-bond donors (Lipinski definition) is 2. The van der Waals surface area contributed by atoms with Crippen molar-refractivity contribution in [2.24, 2.45) is 0 Å². The summed E-state index contributed by atoms with van der Waals surface area (Å²) < 4.78 is 75.6. The van der Waals surface area contributed by atoms with E-state index in [0.717, 1.165) is 39.3 Å². The number of rotatable bonds is 6. The number of carboxylic acid groups (broad SMARTS) is 2. The van der Waals surface area contributed by atoms with Crippen LogP contribution in [0.25, 0.3) is 0 Å². The summed E-state index contributed by atoms with van der Waals surface area (Å²) in [6.45, 7) is 4.49. The van der Waals surface area contributed by atoms with Gasteiger partial charge in [0, 0.05) is 44.7 Å². The van der Waals surface area contributed by atoms with Crippen LogP contribution in [0.5, 0.6) is 0 Å². The van der Waals surface area contributed by atoms with Crippen molar-refractivity contribution < 1.29 is 55.6 Å². The van der Waals surface area contributed by atoms with Crippen molar-refractivity contribution in [3.8, 4) is 0 Å². The van der Waals surface area contributed by atoms with Crippen molar-refractivity contribution in [1.82, 2.24) is 14.8 Å². The van der Waals surface area contributed by atoms with E-state index in [9.17, 15) is 26.3 Å². The summed E-state index contributed by atoms with van der Waals surface area (Å²) in [5.74, 6) is -5.51. The maximum atomic E-state index is 10.6. The smallest absolute Gasteiger partial charge is 0.475 e. The Balaban J connectivity index is 0.000000383. The molecule has 0 unspecified atom stereocenters. The van der Waals surface area contributed by atoms with Crippen LogP contribution in [0, 0.1) is 0 Å². The number of alkyl halides is 6. The maximum absolute atomic E-state index is 10.6. The fraction of sp³-hybridized carbons (Fsp3) is 0.667. The van der Waals surface area contributed by atoms with Crippen LogP contribution in [0.15, 0.2) is 24.5 Å². The summed E-state index contributed by atoms with van der Waals surface area (Å²) in [5, 5.41) is 14.2. The van der Waals surface area contributed by atoms with E-state index in [1.165, 1.54) is 12.0 Å². The summed E-state index contributed by atoms with van der Waals surface area (Å²) >= 11 is 0. The van der Waals surface area contributed by atoms with Gasteiger partial charge >= 0.3 is 24.3 Å². The summed E-state index contributed by atoms with van der Waals surface area (Å²) in [6, 6.07) is 4.63. The van der Waals surface area contributed by atoms with Gasteiger partial charge in [-0.25, -0.2) is 9.59 Å². The zero-order chi connectivity index (χ0) is 27.5. The van der Waals surface area contributed by atoms with Gasteiger partial charge in [-0.15, -0.1) is 0 Å². The molecule has 1 aromatic rings. The minimum atomic E-state index is -5.08. The van der Waals surface area contributed by atoms with Gasteiger partial charge in [0.05, 0.1) is 12.7 Å². The Labute approximate surface area is 203 Å². The van der Waals surface area contributed by atoms with Gasteiger partial charge in [0.25, 0.3) is 0 Å². The fourth-order valence-corrected chi connectivity index (χ4v) is 3.45. The Morgan fingerprint density at radius 1 is 1.17 bits per heavy atom. The van der Waals surface area contributed by atoms with Gasteiger partial charge in [-0.2, -0.15) is 26.3 Å². The first-order valence-corrected chi connectivity index (χ1v) is 10.7. The topological polar surface area (TPSA) is 112 Å². The van der Waals surface area contributed by atoms with Gasteiger partial charge < -0.3 is 24.6 Å². The van der Waals surface area contributed by atoms with Crippen molar-refractivity contribution in [2.75, 3.05) is 40.4 Å². The molecule has 3 rings (SSSR count). The lowest BCUT2D eigenvalue weighted by molar-refractivity contribution is -0.193. The van der Waals surface area contributed by atoms with Crippen LogP contribution in [0.4, 0.5) is 26.3 Å². The van der Waals surface area contributed by atoms with Gasteiger partial charge in [0.1, 0.15) is 6.10 Å². The van der Waals surface area contributed by atoms with E-state index in [1.54, 1.807) is 0 Å². The van der Waals surface area contributed by atoms with E-state index in [0.29, 0.717) is 6.04 Å². The normalized spacial score (nSPS) is 22.1. The molecule has 0 aromatic carbocycles. The van der Waals surface area contributed by atoms with Crippen LogP contribution in [-0.4, -0.2) is 108 Å². The molecule has 206 valence electrons. The molecule has 36 heavy (non-hydrogen) atoms. The second kappa shape index (κ2) is 14.3. The van der Waals surface area contributed by atoms with E-state index in [4.69, 9.17) is 29.3 Å². The molecule has 0 amide bonds. The highest BCUT2D eigenvalue weighted by molar-refractivity contribution is 5.73. The first-order valence-electron chi connectivity index (χ1n) is 10.7. The van der Waals surface area contributed by atoms with E-state index < -0.39 is 24.3 Å². The molecule has 2 aliphatic rings. The molecule has 2 aliphatic heterocycles. The zero-order valence-electron chi connectivity index (χ0n) is 19.6. The highest BCUT2D eigenvalue weighted by Gasteiger charge is 2.44. The number of fused-ring (bicyclic) bond motifs is 1. The summed E-state index contributed by atoms with van der Waals surface area (Å²) in [5.41, 5.74) is 1.26. The molecule has 2 N–H and O–H groups in total. The number of aliphatic carboxylic acids is 2. The van der Waals surface area contributed by atoms with Crippen molar-refractivity contribution in [2.45, 2.75) is 50.0 Å². The largest absolute Gasteiger partial charge is 0.490 e. The van der Waals surface area contributed by atoms with Crippen molar-refractivity contribution in [3.05, 3.63) is 30.1 Å². The SMILES string of the molecule is CN(C)CCO[C@H]1CN(Cc2cccnc2)[C@@H]2CCCO[C@H]12.O=C(O)C(F)(F)F.O=C(O)C(F)(F)F. The zero-order valence-corrected chi connectivity index (χ0v) is 19.6. The molecular weight excluding hydrogens is 504 g/mol. The highest BCUT2D eigenvalue weighted by atomic mass is 19.4. The summed E-state index contributed by atoms with van der Waals surface area (Å²) in [7, 11) is 4.15. The van der Waals surface area contributed by atoms with Crippen LogP contribution in [0.2, 0.25) is 0 Å².